The quantitative estimate of drug-likeness (QED) is 0.784. The van der Waals surface area contributed by atoms with E-state index in [0.717, 1.165) is 5.75 Å². The average molecular weight is 237 g/mol. The molecule has 5 nitrogen and oxygen atoms in total. The van der Waals surface area contributed by atoms with E-state index in [1.165, 1.54) is 7.11 Å². The van der Waals surface area contributed by atoms with Gasteiger partial charge < -0.3 is 19.9 Å². The van der Waals surface area contributed by atoms with E-state index < -0.39 is 12.0 Å². The fraction of sp³-hybridized carbons (Fsp3) is 0.417. The fourth-order valence-electron chi connectivity index (χ4n) is 1.71. The summed E-state index contributed by atoms with van der Waals surface area (Å²) in [5.74, 6) is 0.962. The molecule has 0 aromatic heterocycles. The highest BCUT2D eigenvalue weighted by Gasteiger charge is 2.25. The van der Waals surface area contributed by atoms with E-state index in [1.54, 1.807) is 0 Å². The molecule has 0 bridgehead atoms. The summed E-state index contributed by atoms with van der Waals surface area (Å²) in [6.07, 6.45) is 0.153. The number of carbonyl (C=O) groups is 1. The molecule has 1 aliphatic rings. The van der Waals surface area contributed by atoms with Crippen molar-refractivity contribution in [2.24, 2.45) is 5.73 Å². The number of para-hydroxylation sites is 2. The molecule has 0 fully saturated rings. The number of fused-ring (bicyclic) bond motifs is 1. The topological polar surface area (TPSA) is 70.8 Å². The van der Waals surface area contributed by atoms with Crippen molar-refractivity contribution in [2.45, 2.75) is 18.6 Å². The van der Waals surface area contributed by atoms with Crippen LogP contribution in [-0.2, 0) is 9.53 Å². The summed E-state index contributed by atoms with van der Waals surface area (Å²) in [6, 6.07) is 6.73. The number of carbonyl (C=O) groups excluding carboxylic acids is 1. The SMILES string of the molecule is COC(=O)C(N)CC1COc2ccccc2O1. The lowest BCUT2D eigenvalue weighted by Gasteiger charge is -2.27. The van der Waals surface area contributed by atoms with Gasteiger partial charge in [0.25, 0.3) is 0 Å². The molecule has 2 atom stereocenters. The van der Waals surface area contributed by atoms with Crippen LogP contribution in [0, 0.1) is 0 Å². The summed E-state index contributed by atoms with van der Waals surface area (Å²) in [4.78, 5) is 11.2. The van der Waals surface area contributed by atoms with Gasteiger partial charge in [0.1, 0.15) is 18.8 Å². The van der Waals surface area contributed by atoms with E-state index in [0.29, 0.717) is 18.8 Å². The van der Waals surface area contributed by atoms with Crippen LogP contribution in [0.2, 0.25) is 0 Å². The standard InChI is InChI=1S/C12H15NO4/c1-15-12(14)9(13)6-8-7-16-10-4-2-3-5-11(10)17-8/h2-5,8-9H,6-7,13H2,1H3. The molecule has 2 rings (SSSR count). The third-order valence-electron chi connectivity index (χ3n) is 2.59. The van der Waals surface area contributed by atoms with Crippen LogP contribution in [-0.4, -0.2) is 31.8 Å². The van der Waals surface area contributed by atoms with Gasteiger partial charge in [0.2, 0.25) is 0 Å². The summed E-state index contributed by atoms with van der Waals surface area (Å²) in [7, 11) is 1.32. The van der Waals surface area contributed by atoms with E-state index in [-0.39, 0.29) is 6.10 Å². The Kier molecular flexibility index (Phi) is 3.49. The van der Waals surface area contributed by atoms with Crippen molar-refractivity contribution < 1.29 is 19.0 Å². The van der Waals surface area contributed by atoms with Crippen molar-refractivity contribution in [3.05, 3.63) is 24.3 Å². The first-order valence-corrected chi connectivity index (χ1v) is 5.42. The number of ether oxygens (including phenoxy) is 3. The Hall–Kier alpha value is -1.75. The molecular formula is C12H15NO4. The molecular weight excluding hydrogens is 222 g/mol. The summed E-state index contributed by atoms with van der Waals surface area (Å²) in [6.45, 7) is 0.391. The van der Waals surface area contributed by atoms with Crippen LogP contribution >= 0.6 is 0 Å². The van der Waals surface area contributed by atoms with Crippen LogP contribution in [0.3, 0.4) is 0 Å². The molecule has 92 valence electrons. The van der Waals surface area contributed by atoms with Crippen LogP contribution in [0.5, 0.6) is 11.5 Å². The Labute approximate surface area is 99.5 Å². The lowest BCUT2D eigenvalue weighted by atomic mass is 10.1. The first kappa shape index (κ1) is 11.7. The molecule has 1 aliphatic heterocycles. The van der Waals surface area contributed by atoms with Crippen LogP contribution in [0.25, 0.3) is 0 Å². The van der Waals surface area contributed by atoms with Crippen molar-refractivity contribution in [1.29, 1.82) is 0 Å². The number of esters is 1. The molecule has 1 aromatic carbocycles. The third-order valence-corrected chi connectivity index (χ3v) is 2.59. The van der Waals surface area contributed by atoms with Crippen molar-refractivity contribution >= 4 is 5.97 Å². The van der Waals surface area contributed by atoms with Gasteiger partial charge in [-0.15, -0.1) is 0 Å². The Morgan fingerprint density at radius 1 is 1.53 bits per heavy atom. The number of hydrogen-bond donors (Lipinski definition) is 1. The summed E-state index contributed by atoms with van der Waals surface area (Å²) in [5, 5.41) is 0. The summed E-state index contributed by atoms with van der Waals surface area (Å²) >= 11 is 0. The van der Waals surface area contributed by atoms with Gasteiger partial charge in [-0.3, -0.25) is 4.79 Å². The van der Waals surface area contributed by atoms with Gasteiger partial charge in [-0.25, -0.2) is 0 Å². The highest BCUT2D eigenvalue weighted by atomic mass is 16.6. The molecule has 2 N–H and O–H groups in total. The first-order chi connectivity index (χ1) is 8.20. The number of rotatable bonds is 3. The smallest absolute Gasteiger partial charge is 0.322 e. The maximum atomic E-state index is 11.2. The van der Waals surface area contributed by atoms with Gasteiger partial charge in [-0.1, -0.05) is 12.1 Å². The van der Waals surface area contributed by atoms with Crippen LogP contribution in [0.4, 0.5) is 0 Å². The van der Waals surface area contributed by atoms with Crippen molar-refractivity contribution in [3.8, 4) is 11.5 Å². The second kappa shape index (κ2) is 5.05. The second-order valence-electron chi connectivity index (χ2n) is 3.86. The molecule has 0 spiro atoms. The van der Waals surface area contributed by atoms with Crippen molar-refractivity contribution in [1.82, 2.24) is 0 Å². The van der Waals surface area contributed by atoms with Crippen LogP contribution in [0.15, 0.2) is 24.3 Å². The van der Waals surface area contributed by atoms with Gasteiger partial charge in [0.15, 0.2) is 11.5 Å². The van der Waals surface area contributed by atoms with E-state index in [9.17, 15) is 4.79 Å². The minimum absolute atomic E-state index is 0.223. The average Bonchev–Trinajstić information content (AvgIpc) is 2.37. The van der Waals surface area contributed by atoms with Gasteiger partial charge in [-0.2, -0.15) is 0 Å². The molecule has 5 heteroatoms. The largest absolute Gasteiger partial charge is 0.486 e. The Morgan fingerprint density at radius 3 is 2.94 bits per heavy atom. The van der Waals surface area contributed by atoms with E-state index >= 15 is 0 Å². The van der Waals surface area contributed by atoms with Crippen LogP contribution in [0.1, 0.15) is 6.42 Å². The summed E-state index contributed by atoms with van der Waals surface area (Å²) in [5.41, 5.74) is 5.67. The molecule has 0 saturated heterocycles. The fourth-order valence-corrected chi connectivity index (χ4v) is 1.71. The van der Waals surface area contributed by atoms with Gasteiger partial charge in [-0.05, 0) is 12.1 Å². The minimum Gasteiger partial charge on any atom is -0.486 e. The summed E-state index contributed by atoms with van der Waals surface area (Å²) < 4.78 is 15.8. The molecule has 0 radical (unpaired) electrons. The van der Waals surface area contributed by atoms with Crippen molar-refractivity contribution in [3.63, 3.8) is 0 Å². The molecule has 0 aliphatic carbocycles. The van der Waals surface area contributed by atoms with Gasteiger partial charge in [0, 0.05) is 6.42 Å². The molecule has 0 amide bonds. The predicted octanol–water partition coefficient (Wildman–Crippen LogP) is 0.717. The number of benzene rings is 1. The minimum atomic E-state index is -0.682. The van der Waals surface area contributed by atoms with Crippen LogP contribution < -0.4 is 15.2 Å². The molecule has 17 heavy (non-hydrogen) atoms. The molecule has 1 heterocycles. The van der Waals surface area contributed by atoms with E-state index in [1.807, 2.05) is 24.3 Å². The van der Waals surface area contributed by atoms with Gasteiger partial charge in [0.05, 0.1) is 7.11 Å². The van der Waals surface area contributed by atoms with Gasteiger partial charge >= 0.3 is 5.97 Å². The van der Waals surface area contributed by atoms with E-state index in [2.05, 4.69) is 4.74 Å². The maximum absolute atomic E-state index is 11.2. The molecule has 0 saturated carbocycles. The Balaban J connectivity index is 1.96. The molecule has 1 aromatic rings. The van der Waals surface area contributed by atoms with Crippen molar-refractivity contribution in [2.75, 3.05) is 13.7 Å². The number of methoxy groups -OCH3 is 1. The predicted molar refractivity (Wildman–Crippen MR) is 61.0 cm³/mol. The Morgan fingerprint density at radius 2 is 2.24 bits per heavy atom. The zero-order valence-corrected chi connectivity index (χ0v) is 9.59. The zero-order valence-electron chi connectivity index (χ0n) is 9.59. The highest BCUT2D eigenvalue weighted by Crippen LogP contribution is 2.31. The highest BCUT2D eigenvalue weighted by molar-refractivity contribution is 5.75. The normalized spacial score (nSPS) is 19.5. The second-order valence-corrected chi connectivity index (χ2v) is 3.86. The maximum Gasteiger partial charge on any atom is 0.322 e. The number of hydrogen-bond acceptors (Lipinski definition) is 5. The Bertz CT molecular complexity index is 407. The zero-order chi connectivity index (χ0) is 12.3. The number of nitrogens with two attached hydrogens (primary N) is 1. The monoisotopic (exact) mass is 237 g/mol. The first-order valence-electron chi connectivity index (χ1n) is 5.42. The lowest BCUT2D eigenvalue weighted by Crippen LogP contribution is -2.40. The van der Waals surface area contributed by atoms with E-state index in [4.69, 9.17) is 15.2 Å². The molecule has 2 unspecified atom stereocenters. The third kappa shape index (κ3) is 2.68. The lowest BCUT2D eigenvalue weighted by molar-refractivity contribution is -0.143.